The Morgan fingerprint density at radius 1 is 1.24 bits per heavy atom. The molecule has 25 heavy (non-hydrogen) atoms. The molecular formula is C17H18N2O5S. The molecule has 1 heterocycles. The van der Waals surface area contributed by atoms with E-state index in [1.807, 2.05) is 14.1 Å². The number of hydrogen-bond donors (Lipinski definition) is 0. The molecule has 132 valence electrons. The summed E-state index contributed by atoms with van der Waals surface area (Å²) in [6.45, 7) is 0.0989. The maximum atomic E-state index is 12.9. The molecule has 2 atom stereocenters. The quantitative estimate of drug-likeness (QED) is 0.452. The summed E-state index contributed by atoms with van der Waals surface area (Å²) in [5, 5.41) is 1.00. The van der Waals surface area contributed by atoms with E-state index in [2.05, 4.69) is 4.74 Å². The summed E-state index contributed by atoms with van der Waals surface area (Å²) in [5.41, 5.74) is 1.13. The van der Waals surface area contributed by atoms with Gasteiger partial charge in [-0.2, -0.15) is 4.31 Å². The molecule has 3 rings (SSSR count). The van der Waals surface area contributed by atoms with E-state index in [1.54, 1.807) is 29.2 Å². The van der Waals surface area contributed by atoms with Crippen LogP contribution < -0.4 is 4.90 Å². The van der Waals surface area contributed by atoms with Crippen molar-refractivity contribution in [1.29, 1.82) is 0 Å². The molecule has 0 amide bonds. The lowest BCUT2D eigenvalue weighted by atomic mass is 10.0. The molecule has 0 radical (unpaired) electrons. The molecule has 0 aliphatic carbocycles. The van der Waals surface area contributed by atoms with E-state index in [4.69, 9.17) is 0 Å². The van der Waals surface area contributed by atoms with Gasteiger partial charge in [-0.15, -0.1) is 0 Å². The van der Waals surface area contributed by atoms with Gasteiger partial charge in [-0.1, -0.05) is 18.2 Å². The molecule has 8 heteroatoms. The van der Waals surface area contributed by atoms with Gasteiger partial charge < -0.3 is 9.64 Å². The lowest BCUT2D eigenvalue weighted by Gasteiger charge is -2.17. The van der Waals surface area contributed by atoms with Crippen molar-refractivity contribution in [2.75, 3.05) is 32.6 Å². The molecule has 1 aliphatic heterocycles. The molecule has 1 saturated heterocycles. The first-order chi connectivity index (χ1) is 11.8. The number of aldehydes is 1. The number of sulfonamides is 1. The summed E-state index contributed by atoms with van der Waals surface area (Å²) >= 11 is 0. The van der Waals surface area contributed by atoms with E-state index in [0.717, 1.165) is 10.6 Å². The average Bonchev–Trinajstić information content (AvgIpc) is 3.40. The third-order valence-corrected chi connectivity index (χ3v) is 6.20. The molecule has 2 unspecified atom stereocenters. The van der Waals surface area contributed by atoms with Gasteiger partial charge in [0.05, 0.1) is 12.0 Å². The van der Waals surface area contributed by atoms with Gasteiger partial charge >= 0.3 is 5.97 Å². The van der Waals surface area contributed by atoms with Crippen LogP contribution in [0.4, 0.5) is 5.69 Å². The Hall–Kier alpha value is -2.45. The Morgan fingerprint density at radius 3 is 2.56 bits per heavy atom. The number of methoxy groups -OCH3 is 1. The van der Waals surface area contributed by atoms with Crippen molar-refractivity contribution in [3.8, 4) is 0 Å². The number of benzene rings is 2. The van der Waals surface area contributed by atoms with E-state index < -0.39 is 22.0 Å². The highest BCUT2D eigenvalue weighted by molar-refractivity contribution is 7.89. The molecule has 2 aromatic rings. The maximum Gasteiger partial charge on any atom is 0.325 e. The summed E-state index contributed by atoms with van der Waals surface area (Å²) in [7, 11) is 0.995. The minimum Gasteiger partial charge on any atom is -0.468 e. The fraction of sp³-hybridized carbons (Fsp3) is 0.294. The van der Waals surface area contributed by atoms with Crippen LogP contribution in [0, 0.1) is 0 Å². The molecule has 2 aromatic carbocycles. The highest BCUT2D eigenvalue weighted by Crippen LogP contribution is 2.35. The fourth-order valence-corrected chi connectivity index (χ4v) is 4.64. The lowest BCUT2D eigenvalue weighted by Crippen LogP contribution is -2.20. The zero-order chi connectivity index (χ0) is 18.4. The second-order valence-electron chi connectivity index (χ2n) is 5.98. The summed E-state index contributed by atoms with van der Waals surface area (Å²) in [6, 6.07) is 7.40. The summed E-state index contributed by atoms with van der Waals surface area (Å²) in [4.78, 5) is 25.0. The molecule has 1 fully saturated rings. The summed E-state index contributed by atoms with van der Waals surface area (Å²) < 4.78 is 31.5. The van der Waals surface area contributed by atoms with Crippen LogP contribution >= 0.6 is 0 Å². The van der Waals surface area contributed by atoms with Gasteiger partial charge in [0.1, 0.15) is 6.04 Å². The van der Waals surface area contributed by atoms with Crippen molar-refractivity contribution < 1.29 is 22.7 Å². The third kappa shape index (κ3) is 2.77. The number of anilines is 1. The van der Waals surface area contributed by atoms with Gasteiger partial charge in [0.25, 0.3) is 0 Å². The first kappa shape index (κ1) is 17.4. The van der Waals surface area contributed by atoms with Gasteiger partial charge in [-0.25, -0.2) is 8.42 Å². The van der Waals surface area contributed by atoms with Crippen molar-refractivity contribution in [2.45, 2.75) is 10.9 Å². The van der Waals surface area contributed by atoms with Crippen molar-refractivity contribution in [2.24, 2.45) is 0 Å². The van der Waals surface area contributed by atoms with Crippen molar-refractivity contribution in [1.82, 2.24) is 4.31 Å². The minimum atomic E-state index is -3.85. The first-order valence-corrected chi connectivity index (χ1v) is 9.05. The standard InChI is InChI=1S/C17H18N2O5S/c1-18(2)14-8-7-12-11(13(14)10-20)5-4-6-16(12)25(22,23)19-9-15(19)17(21)24-3/h4-8,10,15H,9H2,1-3H3. The first-order valence-electron chi connectivity index (χ1n) is 7.60. The number of carbonyl (C=O) groups is 2. The smallest absolute Gasteiger partial charge is 0.325 e. The second kappa shape index (κ2) is 6.12. The van der Waals surface area contributed by atoms with Crippen LogP contribution in [0.5, 0.6) is 0 Å². The normalized spacial score (nSPS) is 19.5. The molecule has 1 aliphatic rings. The molecule has 0 N–H and O–H groups in total. The van der Waals surface area contributed by atoms with E-state index in [9.17, 15) is 18.0 Å². The van der Waals surface area contributed by atoms with Crippen molar-refractivity contribution in [3.63, 3.8) is 0 Å². The van der Waals surface area contributed by atoms with Crippen LogP contribution in [0.2, 0.25) is 0 Å². The number of rotatable bonds is 5. The highest BCUT2D eigenvalue weighted by atomic mass is 32.2. The zero-order valence-electron chi connectivity index (χ0n) is 14.1. The average molecular weight is 362 g/mol. The molecule has 0 spiro atoms. The van der Waals surface area contributed by atoms with Crippen molar-refractivity contribution >= 4 is 38.7 Å². The van der Waals surface area contributed by atoms with Crippen LogP contribution in [0.3, 0.4) is 0 Å². The SMILES string of the molecule is COC(=O)C1CN1S(=O)(=O)c1cccc2c(C=O)c(N(C)C)ccc12. The van der Waals surface area contributed by atoms with Gasteiger partial charge in [0.2, 0.25) is 10.0 Å². The van der Waals surface area contributed by atoms with E-state index in [1.165, 1.54) is 13.2 Å². The Morgan fingerprint density at radius 2 is 1.96 bits per heavy atom. The number of hydrogen-bond acceptors (Lipinski definition) is 6. The largest absolute Gasteiger partial charge is 0.468 e. The van der Waals surface area contributed by atoms with Crippen LogP contribution in [0.25, 0.3) is 10.8 Å². The monoisotopic (exact) mass is 362 g/mol. The Balaban J connectivity index is 2.16. The van der Waals surface area contributed by atoms with Gasteiger partial charge in [0.15, 0.2) is 6.29 Å². The Bertz CT molecular complexity index is 968. The van der Waals surface area contributed by atoms with Gasteiger partial charge in [-0.3, -0.25) is 9.59 Å². The van der Waals surface area contributed by atoms with Gasteiger partial charge in [-0.05, 0) is 17.5 Å². The third-order valence-electron chi connectivity index (χ3n) is 4.27. The number of fused-ring (bicyclic) bond motifs is 1. The van der Waals surface area contributed by atoms with Crippen molar-refractivity contribution in [3.05, 3.63) is 35.9 Å². The molecule has 0 bridgehead atoms. The number of esters is 1. The number of nitrogens with zero attached hydrogens (tertiary/aromatic N) is 2. The predicted octanol–water partition coefficient (Wildman–Crippen LogP) is 1.26. The Labute approximate surface area is 145 Å². The topological polar surface area (TPSA) is 83.8 Å². The fourth-order valence-electron chi connectivity index (χ4n) is 2.92. The van der Waals surface area contributed by atoms with E-state index in [0.29, 0.717) is 22.0 Å². The van der Waals surface area contributed by atoms with Crippen LogP contribution in [0.1, 0.15) is 10.4 Å². The maximum absolute atomic E-state index is 12.9. The Kier molecular flexibility index (Phi) is 4.26. The molecule has 7 nitrogen and oxygen atoms in total. The summed E-state index contributed by atoms with van der Waals surface area (Å²) in [5.74, 6) is -0.577. The predicted molar refractivity (Wildman–Crippen MR) is 93.4 cm³/mol. The molecular weight excluding hydrogens is 344 g/mol. The highest BCUT2D eigenvalue weighted by Gasteiger charge is 2.50. The molecule has 0 aromatic heterocycles. The van der Waals surface area contributed by atoms with Crippen LogP contribution in [0.15, 0.2) is 35.2 Å². The second-order valence-corrected chi connectivity index (χ2v) is 7.83. The number of ether oxygens (including phenoxy) is 1. The van der Waals surface area contributed by atoms with Gasteiger partial charge in [0, 0.05) is 37.3 Å². The van der Waals surface area contributed by atoms with E-state index in [-0.39, 0.29) is 11.4 Å². The molecule has 0 saturated carbocycles. The minimum absolute atomic E-state index is 0.0739. The lowest BCUT2D eigenvalue weighted by molar-refractivity contribution is -0.140. The zero-order valence-corrected chi connectivity index (χ0v) is 14.9. The summed E-state index contributed by atoms with van der Waals surface area (Å²) in [6.07, 6.45) is 0.725. The van der Waals surface area contributed by atoms with Crippen LogP contribution in [-0.4, -0.2) is 58.8 Å². The number of carbonyl (C=O) groups excluding carboxylic acids is 2. The van der Waals surface area contributed by atoms with E-state index >= 15 is 0 Å². The van der Waals surface area contributed by atoms with Crippen LogP contribution in [-0.2, 0) is 19.6 Å².